The first-order valence-corrected chi connectivity index (χ1v) is 8.04. The van der Waals surface area contributed by atoms with Gasteiger partial charge < -0.3 is 10.2 Å². The monoisotopic (exact) mass is 314 g/mol. The molecule has 0 aliphatic carbocycles. The summed E-state index contributed by atoms with van der Waals surface area (Å²) in [5, 5.41) is 7.56. The number of aryl methyl sites for hydroxylation is 1. The lowest BCUT2D eigenvalue weighted by Crippen LogP contribution is -2.28. The van der Waals surface area contributed by atoms with Crippen molar-refractivity contribution in [1.29, 1.82) is 0 Å². The van der Waals surface area contributed by atoms with Gasteiger partial charge in [0.25, 0.3) is 5.91 Å². The first-order chi connectivity index (χ1) is 11.2. The molecule has 1 aliphatic rings. The normalized spacial score (nSPS) is 15.7. The molecule has 1 aliphatic heterocycles. The highest BCUT2D eigenvalue weighted by Crippen LogP contribution is 2.21. The molecule has 1 N–H and O–H groups in total. The molecule has 122 valence electrons. The first-order valence-electron chi connectivity index (χ1n) is 8.04. The van der Waals surface area contributed by atoms with E-state index in [9.17, 15) is 4.79 Å². The predicted molar refractivity (Wildman–Crippen MR) is 87.0 cm³/mol. The van der Waals surface area contributed by atoms with Gasteiger partial charge in [-0.2, -0.15) is 5.10 Å². The van der Waals surface area contributed by atoms with E-state index in [2.05, 4.69) is 27.3 Å². The number of nitrogens with zero attached hydrogens (tertiary/aromatic N) is 5. The Labute approximate surface area is 135 Å². The molecule has 7 heteroatoms. The van der Waals surface area contributed by atoms with Crippen molar-refractivity contribution in [2.75, 3.05) is 18.4 Å². The van der Waals surface area contributed by atoms with Gasteiger partial charge in [-0.05, 0) is 25.3 Å². The maximum absolute atomic E-state index is 12.4. The summed E-state index contributed by atoms with van der Waals surface area (Å²) in [5.74, 6) is 0.579. The van der Waals surface area contributed by atoms with Crippen LogP contribution in [0.3, 0.4) is 0 Å². The summed E-state index contributed by atoms with van der Waals surface area (Å²) in [4.78, 5) is 22.9. The van der Waals surface area contributed by atoms with Crippen LogP contribution in [0.4, 0.5) is 5.82 Å². The van der Waals surface area contributed by atoms with Crippen LogP contribution in [0, 0.1) is 0 Å². The second-order valence-corrected chi connectivity index (χ2v) is 5.77. The van der Waals surface area contributed by atoms with Crippen molar-refractivity contribution in [3.05, 3.63) is 36.0 Å². The van der Waals surface area contributed by atoms with Crippen LogP contribution in [0.5, 0.6) is 0 Å². The number of aromatic nitrogens is 4. The van der Waals surface area contributed by atoms with Crippen LogP contribution >= 0.6 is 0 Å². The Balaban J connectivity index is 1.76. The molecule has 3 rings (SSSR count). The Bertz CT molecular complexity index is 677. The summed E-state index contributed by atoms with van der Waals surface area (Å²) in [7, 11) is 1.92. The fourth-order valence-corrected chi connectivity index (χ4v) is 2.91. The minimum Gasteiger partial charge on any atom is -0.360 e. The van der Waals surface area contributed by atoms with Gasteiger partial charge in [0.2, 0.25) is 0 Å². The summed E-state index contributed by atoms with van der Waals surface area (Å²) in [6.45, 7) is 3.72. The van der Waals surface area contributed by atoms with Gasteiger partial charge in [-0.1, -0.05) is 6.92 Å². The van der Waals surface area contributed by atoms with Crippen molar-refractivity contribution in [3.8, 4) is 0 Å². The summed E-state index contributed by atoms with van der Waals surface area (Å²) >= 11 is 0. The quantitative estimate of drug-likeness (QED) is 0.913. The van der Waals surface area contributed by atoms with Crippen LogP contribution < -0.4 is 5.32 Å². The lowest BCUT2D eigenvalue weighted by Gasteiger charge is -2.19. The topological polar surface area (TPSA) is 75.9 Å². The zero-order chi connectivity index (χ0) is 16.2. The van der Waals surface area contributed by atoms with E-state index in [0.717, 1.165) is 38.0 Å². The Kier molecular flexibility index (Phi) is 4.55. The fourth-order valence-electron chi connectivity index (χ4n) is 2.91. The number of rotatable bonds is 5. The SMILES string of the molecule is CCC(Nc1cncc(C(=O)N2CCCC2)n1)c1ccnn1C. The zero-order valence-corrected chi connectivity index (χ0v) is 13.6. The third kappa shape index (κ3) is 3.33. The number of nitrogens with one attached hydrogen (secondary N) is 1. The van der Waals surface area contributed by atoms with Gasteiger partial charge in [-0.3, -0.25) is 14.5 Å². The van der Waals surface area contributed by atoms with Gasteiger partial charge in [-0.15, -0.1) is 0 Å². The highest BCUT2D eigenvalue weighted by atomic mass is 16.2. The van der Waals surface area contributed by atoms with Crippen molar-refractivity contribution < 1.29 is 4.79 Å². The molecule has 1 amide bonds. The third-order valence-corrected chi connectivity index (χ3v) is 4.19. The molecule has 1 unspecified atom stereocenters. The number of likely N-dealkylation sites (tertiary alicyclic amines) is 1. The largest absolute Gasteiger partial charge is 0.360 e. The molecule has 7 nitrogen and oxygen atoms in total. The molecule has 1 saturated heterocycles. The Morgan fingerprint density at radius 1 is 1.35 bits per heavy atom. The van der Waals surface area contributed by atoms with E-state index >= 15 is 0 Å². The predicted octanol–water partition coefficient (Wildman–Crippen LogP) is 2.01. The minimum atomic E-state index is -0.0350. The van der Waals surface area contributed by atoms with Crippen LogP contribution in [-0.2, 0) is 7.05 Å². The molecule has 0 spiro atoms. The number of hydrogen-bond acceptors (Lipinski definition) is 5. The fraction of sp³-hybridized carbons (Fsp3) is 0.500. The first kappa shape index (κ1) is 15.5. The highest BCUT2D eigenvalue weighted by molar-refractivity contribution is 5.92. The smallest absolute Gasteiger partial charge is 0.274 e. The Morgan fingerprint density at radius 3 is 2.78 bits per heavy atom. The van der Waals surface area contributed by atoms with Crippen LogP contribution in [-0.4, -0.2) is 43.6 Å². The molecule has 0 bridgehead atoms. The number of hydrogen-bond donors (Lipinski definition) is 1. The van der Waals surface area contributed by atoms with Gasteiger partial charge in [0.1, 0.15) is 11.5 Å². The van der Waals surface area contributed by atoms with Crippen molar-refractivity contribution in [2.24, 2.45) is 7.05 Å². The third-order valence-electron chi connectivity index (χ3n) is 4.19. The number of amides is 1. The second kappa shape index (κ2) is 6.76. The van der Waals surface area contributed by atoms with Crippen LogP contribution in [0.15, 0.2) is 24.7 Å². The minimum absolute atomic E-state index is 0.0350. The molecule has 0 radical (unpaired) electrons. The molecule has 23 heavy (non-hydrogen) atoms. The van der Waals surface area contributed by atoms with E-state index in [1.54, 1.807) is 12.4 Å². The summed E-state index contributed by atoms with van der Waals surface area (Å²) in [6.07, 6.45) is 7.98. The van der Waals surface area contributed by atoms with Crippen molar-refractivity contribution in [1.82, 2.24) is 24.6 Å². The molecule has 3 heterocycles. The van der Waals surface area contributed by atoms with Gasteiger partial charge in [0, 0.05) is 26.3 Å². The maximum atomic E-state index is 12.4. The molecule has 1 atom stereocenters. The lowest BCUT2D eigenvalue weighted by atomic mass is 10.1. The van der Waals surface area contributed by atoms with Crippen molar-refractivity contribution in [3.63, 3.8) is 0 Å². The Morgan fingerprint density at radius 2 is 2.13 bits per heavy atom. The van der Waals surface area contributed by atoms with E-state index in [-0.39, 0.29) is 11.9 Å². The van der Waals surface area contributed by atoms with Gasteiger partial charge in [-0.25, -0.2) is 4.98 Å². The lowest BCUT2D eigenvalue weighted by molar-refractivity contribution is 0.0786. The molecule has 0 aromatic carbocycles. The van der Waals surface area contributed by atoms with E-state index in [4.69, 9.17) is 0 Å². The van der Waals surface area contributed by atoms with E-state index < -0.39 is 0 Å². The van der Waals surface area contributed by atoms with Crippen LogP contribution in [0.25, 0.3) is 0 Å². The molecule has 2 aromatic heterocycles. The van der Waals surface area contributed by atoms with Crippen molar-refractivity contribution >= 4 is 11.7 Å². The highest BCUT2D eigenvalue weighted by Gasteiger charge is 2.21. The average Bonchev–Trinajstić information content (AvgIpc) is 3.24. The van der Waals surface area contributed by atoms with Crippen LogP contribution in [0.2, 0.25) is 0 Å². The Hall–Kier alpha value is -2.44. The zero-order valence-electron chi connectivity index (χ0n) is 13.6. The summed E-state index contributed by atoms with van der Waals surface area (Å²) in [6, 6.07) is 2.06. The molecule has 0 saturated carbocycles. The standard InChI is InChI=1S/C16H22N6O/c1-3-12(14-6-7-18-21(14)2)19-15-11-17-10-13(20-15)16(23)22-8-4-5-9-22/h6-7,10-12H,3-5,8-9H2,1-2H3,(H,19,20). The van der Waals surface area contributed by atoms with Gasteiger partial charge in [0.05, 0.1) is 24.1 Å². The molecule has 2 aromatic rings. The second-order valence-electron chi connectivity index (χ2n) is 5.77. The summed E-state index contributed by atoms with van der Waals surface area (Å²) < 4.78 is 1.84. The number of carbonyl (C=O) groups is 1. The molecule has 1 fully saturated rings. The van der Waals surface area contributed by atoms with E-state index in [1.807, 2.05) is 22.7 Å². The average molecular weight is 314 g/mol. The van der Waals surface area contributed by atoms with Crippen LogP contribution in [0.1, 0.15) is 48.4 Å². The van der Waals surface area contributed by atoms with Gasteiger partial charge in [0.15, 0.2) is 0 Å². The summed E-state index contributed by atoms with van der Waals surface area (Å²) in [5.41, 5.74) is 1.47. The molecular formula is C16H22N6O. The van der Waals surface area contributed by atoms with E-state index in [1.165, 1.54) is 6.20 Å². The number of carbonyl (C=O) groups excluding carboxylic acids is 1. The molecular weight excluding hydrogens is 292 g/mol. The van der Waals surface area contributed by atoms with Gasteiger partial charge >= 0.3 is 0 Å². The van der Waals surface area contributed by atoms with Crippen molar-refractivity contribution in [2.45, 2.75) is 32.2 Å². The number of anilines is 1. The maximum Gasteiger partial charge on any atom is 0.274 e. The van der Waals surface area contributed by atoms with E-state index in [0.29, 0.717) is 11.5 Å².